The van der Waals surface area contributed by atoms with E-state index in [1.54, 1.807) is 27.7 Å². The minimum Gasteiger partial charge on any atom is -0.444 e. The minimum atomic E-state index is -4.79. The summed E-state index contributed by atoms with van der Waals surface area (Å²) < 4.78 is 81.4. The summed E-state index contributed by atoms with van der Waals surface area (Å²) in [6, 6.07) is 2.97. The number of rotatable bonds is 8. The Labute approximate surface area is 261 Å². The first kappa shape index (κ1) is 34.3. The molecule has 1 fully saturated rings. The fraction of sp³-hybridized carbons (Fsp3) is 0.533. The molecule has 0 aliphatic carbocycles. The van der Waals surface area contributed by atoms with E-state index >= 15 is 0 Å². The van der Waals surface area contributed by atoms with E-state index in [1.807, 2.05) is 0 Å². The fourth-order valence-corrected chi connectivity index (χ4v) is 6.10. The molecule has 45 heavy (non-hydrogen) atoms. The van der Waals surface area contributed by atoms with Crippen LogP contribution in [0.25, 0.3) is 10.3 Å². The number of fused-ring (bicyclic) bond motifs is 1. The monoisotopic (exact) mass is 657 g/mol. The van der Waals surface area contributed by atoms with Crippen molar-refractivity contribution in [2.24, 2.45) is 5.92 Å². The predicted octanol–water partition coefficient (Wildman–Crippen LogP) is 7.40. The highest BCUT2D eigenvalue weighted by Gasteiger charge is 2.46. The maximum Gasteiger partial charge on any atom is 0.413 e. The van der Waals surface area contributed by atoms with E-state index in [2.05, 4.69) is 15.3 Å². The molecule has 0 bridgehead atoms. The molecule has 0 spiro atoms. The Hall–Kier alpha value is -3.59. The van der Waals surface area contributed by atoms with Gasteiger partial charge in [0, 0.05) is 44.4 Å². The summed E-state index contributed by atoms with van der Waals surface area (Å²) in [7, 11) is 2.27. The molecule has 1 aliphatic heterocycles. The van der Waals surface area contributed by atoms with Gasteiger partial charge in [0.25, 0.3) is 6.43 Å². The Morgan fingerprint density at radius 1 is 1.11 bits per heavy atom. The van der Waals surface area contributed by atoms with Crippen molar-refractivity contribution in [2.45, 2.75) is 70.9 Å². The summed E-state index contributed by atoms with van der Waals surface area (Å²) in [5.41, 5.74) is -0.0593. The van der Waals surface area contributed by atoms with Crippen molar-refractivity contribution < 1.29 is 41.0 Å². The van der Waals surface area contributed by atoms with Crippen LogP contribution in [0.3, 0.4) is 0 Å². The normalized spacial score (nSPS) is 16.1. The Bertz CT molecular complexity index is 1500. The van der Waals surface area contributed by atoms with Crippen molar-refractivity contribution >= 4 is 45.1 Å². The smallest absolute Gasteiger partial charge is 0.413 e. The second-order valence-corrected chi connectivity index (χ2v) is 13.0. The molecule has 4 rings (SSSR count). The lowest BCUT2D eigenvalue weighted by atomic mass is 9.94. The largest absolute Gasteiger partial charge is 0.444 e. The molecule has 15 heteroatoms. The first-order valence-corrected chi connectivity index (χ1v) is 15.1. The second kappa shape index (κ2) is 13.4. The quantitative estimate of drug-likeness (QED) is 0.252. The maximum absolute atomic E-state index is 14.4. The van der Waals surface area contributed by atoms with Gasteiger partial charge >= 0.3 is 12.3 Å². The number of alkyl halides is 5. The number of methoxy groups -OCH3 is 1. The Morgan fingerprint density at radius 2 is 1.73 bits per heavy atom. The highest BCUT2D eigenvalue weighted by atomic mass is 32.1. The lowest BCUT2D eigenvalue weighted by Gasteiger charge is -2.37. The lowest BCUT2D eigenvalue weighted by molar-refractivity contribution is -0.191. The molecule has 3 heterocycles. The Kier molecular flexibility index (Phi) is 10.2. The Morgan fingerprint density at radius 3 is 2.27 bits per heavy atom. The standard InChI is InChI=1S/C30H36F5N5O4S/c1-16-37-22-21(23(43-6)25(31)32)20(15-36-26(22)45-16)38-19-9-7-17(8-10-19)24(30(33,34)35)39(5)27(41)18-11-13-40(14-12-18)28(42)44-29(2,3)4/h7-10,15,18,23-25,38H,11-14H2,1-6H3/t23-,24+/m1/s1. The van der Waals surface area contributed by atoms with Crippen LogP contribution in [0.2, 0.25) is 0 Å². The van der Waals surface area contributed by atoms with Gasteiger partial charge in [-0.25, -0.2) is 23.5 Å². The first-order chi connectivity index (χ1) is 21.0. The lowest BCUT2D eigenvalue weighted by Crippen LogP contribution is -2.47. The molecule has 0 radical (unpaired) electrons. The highest BCUT2D eigenvalue weighted by molar-refractivity contribution is 7.18. The molecule has 246 valence electrons. The van der Waals surface area contributed by atoms with Gasteiger partial charge in [0.1, 0.15) is 22.1 Å². The van der Waals surface area contributed by atoms with Gasteiger partial charge in [0.15, 0.2) is 6.04 Å². The van der Waals surface area contributed by atoms with E-state index in [4.69, 9.17) is 9.47 Å². The number of pyridine rings is 1. The molecule has 0 saturated carbocycles. The van der Waals surface area contributed by atoms with Crippen LogP contribution in [0.1, 0.15) is 61.9 Å². The zero-order chi connectivity index (χ0) is 33.3. The summed E-state index contributed by atoms with van der Waals surface area (Å²) in [6.07, 6.45) is -8.05. The highest BCUT2D eigenvalue weighted by Crippen LogP contribution is 2.41. The molecule has 2 amide bonds. The zero-order valence-corrected chi connectivity index (χ0v) is 26.6. The maximum atomic E-state index is 14.4. The van der Waals surface area contributed by atoms with Crippen molar-refractivity contribution in [3.63, 3.8) is 0 Å². The van der Waals surface area contributed by atoms with E-state index in [9.17, 15) is 31.5 Å². The van der Waals surface area contributed by atoms with Crippen LogP contribution >= 0.6 is 11.3 Å². The van der Waals surface area contributed by atoms with E-state index in [-0.39, 0.29) is 48.3 Å². The number of nitrogens with one attached hydrogen (secondary N) is 1. The van der Waals surface area contributed by atoms with E-state index in [0.29, 0.717) is 20.4 Å². The number of amides is 2. The molecule has 3 aromatic rings. The van der Waals surface area contributed by atoms with E-state index < -0.39 is 48.3 Å². The van der Waals surface area contributed by atoms with Crippen LogP contribution < -0.4 is 5.32 Å². The molecule has 1 aliphatic rings. The number of hydrogen-bond acceptors (Lipinski definition) is 8. The summed E-state index contributed by atoms with van der Waals surface area (Å²) in [4.78, 5) is 36.9. The van der Waals surface area contributed by atoms with Gasteiger partial charge in [-0.05, 0) is 58.2 Å². The van der Waals surface area contributed by atoms with Crippen LogP contribution in [0, 0.1) is 12.8 Å². The van der Waals surface area contributed by atoms with Crippen molar-refractivity contribution in [1.29, 1.82) is 0 Å². The molecule has 0 unspecified atom stereocenters. The number of piperidine rings is 1. The van der Waals surface area contributed by atoms with Crippen molar-refractivity contribution in [2.75, 3.05) is 32.6 Å². The average molecular weight is 658 g/mol. The van der Waals surface area contributed by atoms with E-state index in [1.165, 1.54) is 46.7 Å². The number of likely N-dealkylation sites (tertiary alicyclic amines) is 1. The number of aromatic nitrogens is 2. The number of hydrogen-bond donors (Lipinski definition) is 1. The molecule has 2 aromatic heterocycles. The molecule has 2 atom stereocenters. The predicted molar refractivity (Wildman–Crippen MR) is 160 cm³/mol. The van der Waals surface area contributed by atoms with E-state index in [0.717, 1.165) is 14.2 Å². The number of ether oxygens (including phenoxy) is 2. The molecule has 1 saturated heterocycles. The first-order valence-electron chi connectivity index (χ1n) is 14.3. The number of carbonyl (C=O) groups excluding carboxylic acids is 2. The number of benzene rings is 1. The second-order valence-electron chi connectivity index (χ2n) is 11.8. The van der Waals surface area contributed by atoms with Crippen molar-refractivity contribution in [1.82, 2.24) is 19.8 Å². The van der Waals surface area contributed by atoms with Crippen LogP contribution in [0.15, 0.2) is 30.5 Å². The molecular weight excluding hydrogens is 621 g/mol. The number of aryl methyl sites for hydroxylation is 1. The third kappa shape index (κ3) is 7.98. The van der Waals surface area contributed by atoms with Gasteiger partial charge in [-0.15, -0.1) is 0 Å². The van der Waals surface area contributed by atoms with Gasteiger partial charge in [-0.3, -0.25) is 4.79 Å². The van der Waals surface area contributed by atoms with Crippen LogP contribution in [-0.2, 0) is 14.3 Å². The van der Waals surface area contributed by atoms with Gasteiger partial charge in [0.2, 0.25) is 5.91 Å². The summed E-state index contributed by atoms with van der Waals surface area (Å²) >= 11 is 1.23. The number of carbonyl (C=O) groups is 2. The number of nitrogens with zero attached hydrogens (tertiary/aromatic N) is 4. The number of thiazole rings is 1. The number of halogens is 5. The van der Waals surface area contributed by atoms with Gasteiger partial charge in [-0.1, -0.05) is 23.5 Å². The molecule has 1 aromatic carbocycles. The van der Waals surface area contributed by atoms with Gasteiger partial charge in [-0.2, -0.15) is 13.2 Å². The van der Waals surface area contributed by atoms with Gasteiger partial charge < -0.3 is 24.6 Å². The van der Waals surface area contributed by atoms with Crippen molar-refractivity contribution in [3.8, 4) is 0 Å². The zero-order valence-electron chi connectivity index (χ0n) is 25.7. The van der Waals surface area contributed by atoms with Crippen molar-refractivity contribution in [3.05, 3.63) is 46.6 Å². The van der Waals surface area contributed by atoms with Crippen LogP contribution in [0.5, 0.6) is 0 Å². The third-order valence-electron chi connectivity index (χ3n) is 7.39. The summed E-state index contributed by atoms with van der Waals surface area (Å²) in [5, 5.41) is 3.58. The Balaban J connectivity index is 1.52. The molecule has 1 N–H and O–H groups in total. The molecular formula is C30H36F5N5O4S. The summed E-state index contributed by atoms with van der Waals surface area (Å²) in [6.45, 7) is 7.30. The fourth-order valence-electron chi connectivity index (χ4n) is 5.32. The SMILES string of the molecule is CO[C@H](c1c(Nc2ccc([C@H](N(C)C(=O)C3CCN(C(=O)OC(C)(C)C)CC3)C(F)(F)F)cc2)cnc2sc(C)nc12)C(F)F. The van der Waals surface area contributed by atoms with Gasteiger partial charge in [0.05, 0.1) is 16.9 Å². The van der Waals surface area contributed by atoms with Crippen LogP contribution in [-0.4, -0.2) is 77.2 Å². The van der Waals surface area contributed by atoms with Crippen LogP contribution in [0.4, 0.5) is 38.1 Å². The summed E-state index contributed by atoms with van der Waals surface area (Å²) in [5.74, 6) is -1.37. The topological polar surface area (TPSA) is 96.9 Å². The third-order valence-corrected chi connectivity index (χ3v) is 8.26. The molecule has 9 nitrogen and oxygen atoms in total. The number of anilines is 2. The minimum absolute atomic E-state index is 0.0853. The average Bonchev–Trinajstić information content (AvgIpc) is 3.33.